The smallest absolute Gasteiger partial charge is 0.240 e. The Morgan fingerprint density at radius 2 is 1.56 bits per heavy atom. The van der Waals surface area contributed by atoms with Gasteiger partial charge in [0.2, 0.25) is 10.0 Å². The summed E-state index contributed by atoms with van der Waals surface area (Å²) in [6.45, 7) is 2.02. The van der Waals surface area contributed by atoms with Gasteiger partial charge in [-0.25, -0.2) is 13.1 Å². The molecule has 2 aliphatic heterocycles. The normalized spacial score (nSPS) is 22.4. The monoisotopic (exact) mass is 628 g/mol. The first-order valence-electron chi connectivity index (χ1n) is 15.5. The molecule has 6 rings (SSSR count). The molecule has 2 fully saturated rings. The van der Waals surface area contributed by atoms with E-state index in [1.807, 2.05) is 72.8 Å². The summed E-state index contributed by atoms with van der Waals surface area (Å²) in [6.07, 6.45) is 1.96. The van der Waals surface area contributed by atoms with Crippen molar-refractivity contribution in [3.8, 4) is 11.1 Å². The molecule has 0 unspecified atom stereocenters. The first-order valence-corrected chi connectivity index (χ1v) is 17.0. The maximum atomic E-state index is 12.7. The van der Waals surface area contributed by atoms with Crippen LogP contribution >= 0.6 is 0 Å². The molecule has 0 saturated carbocycles. The van der Waals surface area contributed by atoms with Gasteiger partial charge in [-0.3, -0.25) is 4.90 Å². The number of nitrogens with one attached hydrogen (secondary N) is 1. The Bertz CT molecular complexity index is 1650. The van der Waals surface area contributed by atoms with Crippen LogP contribution in [0.2, 0.25) is 0 Å². The fraction of sp³-hybridized carbons (Fsp3) is 0.333. The number of sulfonamides is 1. The highest BCUT2D eigenvalue weighted by Gasteiger charge is 2.35. The van der Waals surface area contributed by atoms with Gasteiger partial charge in [0.25, 0.3) is 0 Å². The minimum atomic E-state index is -3.60. The molecule has 4 aromatic rings. The van der Waals surface area contributed by atoms with Crippen LogP contribution in [-0.4, -0.2) is 55.4 Å². The molecule has 2 heterocycles. The number of aliphatic hydroxyl groups excluding tert-OH is 2. The van der Waals surface area contributed by atoms with Crippen LogP contribution in [0.5, 0.6) is 0 Å². The average molecular weight is 629 g/mol. The zero-order chi connectivity index (χ0) is 31.2. The van der Waals surface area contributed by atoms with E-state index >= 15 is 0 Å². The van der Waals surface area contributed by atoms with Crippen molar-refractivity contribution in [3.05, 3.63) is 125 Å². The zero-order valence-electron chi connectivity index (χ0n) is 25.2. The van der Waals surface area contributed by atoms with E-state index < -0.39 is 16.3 Å². The molecule has 4 aromatic carbocycles. The molecule has 236 valence electrons. The molecular formula is C36H40N2O6S. The predicted molar refractivity (Wildman–Crippen MR) is 172 cm³/mol. The molecule has 4 atom stereocenters. The van der Waals surface area contributed by atoms with Gasteiger partial charge in [0.15, 0.2) is 6.29 Å². The SMILES string of the molecule is O=S(=O)(NCc1cccc(-c2ccc([C@@H]3O[C@H](CN4CCC[C@H]4CO)C[C@H](c4ccc(CO)cc4)O3)cc2)c1)c1ccccc1. The number of benzene rings is 4. The Morgan fingerprint density at radius 1 is 0.800 bits per heavy atom. The molecule has 8 nitrogen and oxygen atoms in total. The maximum absolute atomic E-state index is 12.7. The second kappa shape index (κ2) is 14.3. The van der Waals surface area contributed by atoms with Crippen molar-refractivity contribution in [2.45, 2.75) is 61.8 Å². The van der Waals surface area contributed by atoms with E-state index in [9.17, 15) is 18.6 Å². The number of rotatable bonds is 11. The van der Waals surface area contributed by atoms with Gasteiger partial charge >= 0.3 is 0 Å². The fourth-order valence-corrected chi connectivity index (χ4v) is 7.23. The molecule has 3 N–H and O–H groups in total. The summed E-state index contributed by atoms with van der Waals surface area (Å²) in [5.41, 5.74) is 5.64. The van der Waals surface area contributed by atoms with E-state index in [2.05, 4.69) is 9.62 Å². The average Bonchev–Trinajstić information content (AvgIpc) is 3.55. The summed E-state index contributed by atoms with van der Waals surface area (Å²) in [4.78, 5) is 2.57. The van der Waals surface area contributed by atoms with Crippen molar-refractivity contribution >= 4 is 10.0 Å². The summed E-state index contributed by atoms with van der Waals surface area (Å²) in [5, 5.41) is 19.4. The molecule has 0 aliphatic carbocycles. The number of likely N-dealkylation sites (tertiary alicyclic amines) is 1. The predicted octanol–water partition coefficient (Wildman–Crippen LogP) is 5.33. The molecule has 45 heavy (non-hydrogen) atoms. The standard InChI is InChI=1S/C36H40N2O6S/c39-24-26-11-13-29(14-12-26)35-21-33(23-38-19-5-8-32(38)25-40)43-36(44-35)30-17-15-28(16-18-30)31-7-4-6-27(20-31)22-37-45(41,42)34-9-2-1-3-10-34/h1-4,6-7,9-18,20,32-33,35-37,39-40H,5,8,19,21-25H2/t32-,33-,35+,36+/m0/s1. The summed E-state index contributed by atoms with van der Waals surface area (Å²) >= 11 is 0. The summed E-state index contributed by atoms with van der Waals surface area (Å²) in [5.74, 6) is 0. The highest BCUT2D eigenvalue weighted by atomic mass is 32.2. The van der Waals surface area contributed by atoms with E-state index in [4.69, 9.17) is 9.47 Å². The number of hydrogen-bond acceptors (Lipinski definition) is 7. The molecule has 0 spiro atoms. The third-order valence-electron chi connectivity index (χ3n) is 8.73. The van der Waals surface area contributed by atoms with Crippen LogP contribution in [0.25, 0.3) is 11.1 Å². The number of aliphatic hydroxyl groups is 2. The third-order valence-corrected chi connectivity index (χ3v) is 10.1. The summed E-state index contributed by atoms with van der Waals surface area (Å²) < 4.78 is 41.1. The van der Waals surface area contributed by atoms with Crippen LogP contribution in [0.3, 0.4) is 0 Å². The van der Waals surface area contributed by atoms with Crippen LogP contribution in [0.15, 0.2) is 108 Å². The molecular weight excluding hydrogens is 588 g/mol. The zero-order valence-corrected chi connectivity index (χ0v) is 26.0. The van der Waals surface area contributed by atoms with Gasteiger partial charge in [-0.05, 0) is 65.4 Å². The Labute approximate surface area is 265 Å². The second-order valence-electron chi connectivity index (χ2n) is 11.8. The first-order chi connectivity index (χ1) is 21.9. The van der Waals surface area contributed by atoms with Crippen molar-refractivity contribution in [1.82, 2.24) is 9.62 Å². The van der Waals surface area contributed by atoms with Crippen LogP contribution in [-0.2, 0) is 32.6 Å². The van der Waals surface area contributed by atoms with Crippen molar-refractivity contribution < 1.29 is 28.1 Å². The highest BCUT2D eigenvalue weighted by molar-refractivity contribution is 7.89. The van der Waals surface area contributed by atoms with Gasteiger partial charge in [0, 0.05) is 31.1 Å². The van der Waals surface area contributed by atoms with Gasteiger partial charge in [-0.2, -0.15) is 0 Å². The number of nitrogens with zero attached hydrogens (tertiary/aromatic N) is 1. The van der Waals surface area contributed by atoms with E-state index in [0.717, 1.165) is 59.3 Å². The largest absolute Gasteiger partial charge is 0.395 e. The van der Waals surface area contributed by atoms with E-state index in [1.165, 1.54) is 0 Å². The van der Waals surface area contributed by atoms with E-state index in [-0.39, 0.29) is 42.9 Å². The molecule has 2 aliphatic rings. The number of hydrogen-bond donors (Lipinski definition) is 3. The Morgan fingerprint density at radius 3 is 2.29 bits per heavy atom. The summed E-state index contributed by atoms with van der Waals surface area (Å²) in [6, 6.07) is 32.3. The molecule has 0 amide bonds. The lowest BCUT2D eigenvalue weighted by atomic mass is 9.99. The van der Waals surface area contributed by atoms with Crippen molar-refractivity contribution in [1.29, 1.82) is 0 Å². The molecule has 9 heteroatoms. The van der Waals surface area contributed by atoms with Crippen LogP contribution in [0, 0.1) is 0 Å². The van der Waals surface area contributed by atoms with Crippen molar-refractivity contribution in [3.63, 3.8) is 0 Å². The minimum Gasteiger partial charge on any atom is -0.395 e. The minimum absolute atomic E-state index is 0.00374. The lowest BCUT2D eigenvalue weighted by molar-refractivity contribution is -0.253. The van der Waals surface area contributed by atoms with Gasteiger partial charge in [0.05, 0.1) is 30.3 Å². The highest BCUT2D eigenvalue weighted by Crippen LogP contribution is 2.39. The number of ether oxygens (including phenoxy) is 2. The topological polar surface area (TPSA) is 108 Å². The van der Waals surface area contributed by atoms with Gasteiger partial charge < -0.3 is 19.7 Å². The molecule has 0 radical (unpaired) electrons. The van der Waals surface area contributed by atoms with E-state index in [1.54, 1.807) is 30.3 Å². The lowest BCUT2D eigenvalue weighted by Gasteiger charge is -2.38. The quantitative estimate of drug-likeness (QED) is 0.206. The van der Waals surface area contributed by atoms with Crippen LogP contribution < -0.4 is 4.72 Å². The maximum Gasteiger partial charge on any atom is 0.240 e. The van der Waals surface area contributed by atoms with Gasteiger partial charge in [0.1, 0.15) is 0 Å². The molecule has 0 aromatic heterocycles. The second-order valence-corrected chi connectivity index (χ2v) is 13.6. The lowest BCUT2D eigenvalue weighted by Crippen LogP contribution is -2.42. The summed E-state index contributed by atoms with van der Waals surface area (Å²) in [7, 11) is -3.60. The first kappa shape index (κ1) is 31.6. The van der Waals surface area contributed by atoms with Gasteiger partial charge in [-0.15, -0.1) is 0 Å². The van der Waals surface area contributed by atoms with Gasteiger partial charge in [-0.1, -0.05) is 84.9 Å². The van der Waals surface area contributed by atoms with Crippen LogP contribution in [0.4, 0.5) is 0 Å². The Hall–Kier alpha value is -3.41. The van der Waals surface area contributed by atoms with Crippen LogP contribution in [0.1, 0.15) is 53.9 Å². The Balaban J connectivity index is 1.17. The molecule has 2 saturated heterocycles. The fourth-order valence-electron chi connectivity index (χ4n) is 6.19. The van der Waals surface area contributed by atoms with E-state index in [0.29, 0.717) is 6.42 Å². The third kappa shape index (κ3) is 7.70. The molecule has 0 bridgehead atoms. The van der Waals surface area contributed by atoms with Crippen molar-refractivity contribution in [2.24, 2.45) is 0 Å². The van der Waals surface area contributed by atoms with Crippen molar-refractivity contribution in [2.75, 3.05) is 19.7 Å². The Kier molecular flexibility index (Phi) is 10.1.